The second kappa shape index (κ2) is 2.33. The minimum absolute atomic E-state index is 0.419. The molecule has 0 unspecified atom stereocenters. The van der Waals surface area contributed by atoms with E-state index >= 15 is 0 Å². The van der Waals surface area contributed by atoms with Crippen molar-refractivity contribution in [3.63, 3.8) is 0 Å². The van der Waals surface area contributed by atoms with Gasteiger partial charge in [0.05, 0.1) is 6.20 Å². The minimum Gasteiger partial charge on any atom is -0.288 e. The molecule has 6 nitrogen and oxygen atoms in total. The topological polar surface area (TPSA) is 84.4 Å². The summed E-state index contributed by atoms with van der Waals surface area (Å²) in [5.41, 5.74) is 0.477. The first kappa shape index (κ1) is 6.84. The average Bonchev–Trinajstić information content (AvgIpc) is 2.03. The zero-order valence-electron chi connectivity index (χ0n) is 6.27. The first-order valence-corrected chi connectivity index (χ1v) is 3.32. The Bertz CT molecular complexity index is 477. The zero-order chi connectivity index (χ0) is 8.55. The number of aromatic nitrogens is 5. The second-order valence-electron chi connectivity index (χ2n) is 2.28. The number of aromatic amines is 1. The normalized spacial score (nSPS) is 10.4. The monoisotopic (exact) mass is 163 g/mol. The van der Waals surface area contributed by atoms with Crippen molar-refractivity contribution in [3.8, 4) is 0 Å². The lowest BCUT2D eigenvalue weighted by Gasteiger charge is -1.93. The Labute approximate surface area is 66.7 Å². The third-order valence-electron chi connectivity index (χ3n) is 1.35. The number of hydrogen-bond donors (Lipinski definition) is 1. The molecule has 60 valence electrons. The van der Waals surface area contributed by atoms with Gasteiger partial charge < -0.3 is 0 Å². The highest BCUT2D eigenvalue weighted by Crippen LogP contribution is 1.97. The predicted octanol–water partition coefficient (Wildman–Crippen LogP) is -0.583. The summed E-state index contributed by atoms with van der Waals surface area (Å²) in [4.78, 5) is 20.6. The maximum absolute atomic E-state index is 10.7. The maximum Gasteiger partial charge on any atom is 0.346 e. The number of rotatable bonds is 0. The summed E-state index contributed by atoms with van der Waals surface area (Å²) < 4.78 is 0. The molecule has 6 heteroatoms. The van der Waals surface area contributed by atoms with Gasteiger partial charge in [-0.1, -0.05) is 0 Å². The van der Waals surface area contributed by atoms with Crippen LogP contribution in [0.1, 0.15) is 5.82 Å². The van der Waals surface area contributed by atoms with Crippen LogP contribution in [0.25, 0.3) is 11.2 Å². The fraction of sp³-hybridized carbons (Fsp3) is 0.167. The van der Waals surface area contributed by atoms with E-state index in [9.17, 15) is 4.79 Å². The third kappa shape index (κ3) is 1.03. The van der Waals surface area contributed by atoms with E-state index in [1.54, 1.807) is 6.92 Å². The Morgan fingerprint density at radius 2 is 2.25 bits per heavy atom. The number of H-pyrrole nitrogens is 1. The molecule has 2 aromatic rings. The number of aryl methyl sites for hydroxylation is 1. The fourth-order valence-electron chi connectivity index (χ4n) is 0.847. The SMILES string of the molecule is Cc1nnc2cnc(=O)[nH]c2n1. The van der Waals surface area contributed by atoms with Crippen LogP contribution in [0.4, 0.5) is 0 Å². The quantitative estimate of drug-likeness (QED) is 0.561. The Morgan fingerprint density at radius 3 is 3.08 bits per heavy atom. The number of fused-ring (bicyclic) bond motifs is 1. The van der Waals surface area contributed by atoms with E-state index in [0.717, 1.165) is 0 Å². The predicted molar refractivity (Wildman–Crippen MR) is 40.5 cm³/mol. The van der Waals surface area contributed by atoms with Gasteiger partial charge in [0.15, 0.2) is 5.65 Å². The van der Waals surface area contributed by atoms with Crippen LogP contribution in [-0.2, 0) is 0 Å². The highest BCUT2D eigenvalue weighted by atomic mass is 16.1. The zero-order valence-corrected chi connectivity index (χ0v) is 6.27. The lowest BCUT2D eigenvalue weighted by Crippen LogP contribution is -2.10. The second-order valence-corrected chi connectivity index (χ2v) is 2.28. The van der Waals surface area contributed by atoms with E-state index in [1.807, 2.05) is 0 Å². The molecule has 0 bridgehead atoms. The fourth-order valence-corrected chi connectivity index (χ4v) is 0.847. The number of nitrogens with one attached hydrogen (secondary N) is 1. The summed E-state index contributed by atoms with van der Waals surface area (Å²) in [5, 5.41) is 7.49. The van der Waals surface area contributed by atoms with Gasteiger partial charge in [0.25, 0.3) is 0 Å². The van der Waals surface area contributed by atoms with Crippen molar-refractivity contribution in [3.05, 3.63) is 22.5 Å². The maximum atomic E-state index is 10.7. The van der Waals surface area contributed by atoms with Gasteiger partial charge in [-0.05, 0) is 6.92 Å². The van der Waals surface area contributed by atoms with Crippen molar-refractivity contribution in [2.45, 2.75) is 6.92 Å². The molecular weight excluding hydrogens is 158 g/mol. The molecule has 0 saturated heterocycles. The summed E-state index contributed by atoms with van der Waals surface area (Å²) in [6.07, 6.45) is 1.34. The summed E-state index contributed by atoms with van der Waals surface area (Å²) in [6.45, 7) is 1.70. The van der Waals surface area contributed by atoms with Crippen molar-refractivity contribution < 1.29 is 0 Å². The molecule has 12 heavy (non-hydrogen) atoms. The van der Waals surface area contributed by atoms with Gasteiger partial charge in [-0.3, -0.25) is 4.98 Å². The molecule has 0 aliphatic carbocycles. The molecule has 2 rings (SSSR count). The summed E-state index contributed by atoms with van der Waals surface area (Å²) >= 11 is 0. The van der Waals surface area contributed by atoms with Crippen molar-refractivity contribution >= 4 is 11.2 Å². The molecule has 0 amide bonds. The third-order valence-corrected chi connectivity index (χ3v) is 1.35. The number of nitrogens with zero attached hydrogens (tertiary/aromatic N) is 4. The van der Waals surface area contributed by atoms with Gasteiger partial charge in [-0.25, -0.2) is 9.78 Å². The largest absolute Gasteiger partial charge is 0.346 e. The molecule has 2 aromatic heterocycles. The van der Waals surface area contributed by atoms with Gasteiger partial charge in [0, 0.05) is 0 Å². The van der Waals surface area contributed by atoms with Crippen molar-refractivity contribution in [2.75, 3.05) is 0 Å². The lowest BCUT2D eigenvalue weighted by molar-refractivity contribution is 0.926. The first-order chi connectivity index (χ1) is 5.75. The molecule has 0 aromatic carbocycles. The minimum atomic E-state index is -0.428. The summed E-state index contributed by atoms with van der Waals surface area (Å²) in [7, 11) is 0. The summed E-state index contributed by atoms with van der Waals surface area (Å²) in [6, 6.07) is 0. The molecule has 0 atom stereocenters. The van der Waals surface area contributed by atoms with E-state index in [0.29, 0.717) is 17.0 Å². The van der Waals surface area contributed by atoms with Crippen LogP contribution < -0.4 is 5.69 Å². The van der Waals surface area contributed by atoms with Gasteiger partial charge in [0.2, 0.25) is 0 Å². The molecular formula is C6H5N5O. The Kier molecular flexibility index (Phi) is 1.33. The average molecular weight is 163 g/mol. The smallest absolute Gasteiger partial charge is 0.288 e. The van der Waals surface area contributed by atoms with Crippen LogP contribution in [0, 0.1) is 6.92 Å². The van der Waals surface area contributed by atoms with Gasteiger partial charge in [0.1, 0.15) is 11.3 Å². The lowest BCUT2D eigenvalue weighted by atomic mass is 10.5. The molecule has 0 aliphatic rings. The van der Waals surface area contributed by atoms with Gasteiger partial charge in [-0.2, -0.15) is 4.98 Å². The standard InChI is InChI=1S/C6H5N5O/c1-3-8-5-4(11-10-3)2-7-6(12)9-5/h2H,1H3,(H,7,8,9,10,12). The van der Waals surface area contributed by atoms with E-state index < -0.39 is 5.69 Å². The molecule has 0 fully saturated rings. The molecule has 0 radical (unpaired) electrons. The highest BCUT2D eigenvalue weighted by Gasteiger charge is 1.98. The molecule has 0 aliphatic heterocycles. The van der Waals surface area contributed by atoms with Crippen LogP contribution in [-0.4, -0.2) is 25.1 Å². The van der Waals surface area contributed by atoms with Crippen molar-refractivity contribution in [1.82, 2.24) is 25.1 Å². The van der Waals surface area contributed by atoms with Crippen LogP contribution in [0.2, 0.25) is 0 Å². The Hall–Kier alpha value is -1.85. The molecule has 0 spiro atoms. The van der Waals surface area contributed by atoms with E-state index in [1.165, 1.54) is 6.20 Å². The molecule has 1 N–H and O–H groups in total. The number of hydrogen-bond acceptors (Lipinski definition) is 5. The Morgan fingerprint density at radius 1 is 1.42 bits per heavy atom. The van der Waals surface area contributed by atoms with Crippen LogP contribution in [0.15, 0.2) is 11.0 Å². The molecule has 2 heterocycles. The van der Waals surface area contributed by atoms with Crippen LogP contribution >= 0.6 is 0 Å². The van der Waals surface area contributed by atoms with Crippen molar-refractivity contribution in [1.29, 1.82) is 0 Å². The Balaban J connectivity index is 2.89. The first-order valence-electron chi connectivity index (χ1n) is 3.32. The van der Waals surface area contributed by atoms with Gasteiger partial charge in [-0.15, -0.1) is 10.2 Å². The summed E-state index contributed by atoms with van der Waals surface area (Å²) in [5.74, 6) is 0.518. The van der Waals surface area contributed by atoms with Gasteiger partial charge >= 0.3 is 5.69 Å². The van der Waals surface area contributed by atoms with Crippen LogP contribution in [0.3, 0.4) is 0 Å². The van der Waals surface area contributed by atoms with E-state index in [4.69, 9.17) is 0 Å². The highest BCUT2D eigenvalue weighted by molar-refractivity contribution is 5.66. The van der Waals surface area contributed by atoms with E-state index in [2.05, 4.69) is 25.1 Å². The van der Waals surface area contributed by atoms with Crippen LogP contribution in [0.5, 0.6) is 0 Å². The van der Waals surface area contributed by atoms with Crippen molar-refractivity contribution in [2.24, 2.45) is 0 Å². The molecule has 0 saturated carbocycles. The van der Waals surface area contributed by atoms with E-state index in [-0.39, 0.29) is 0 Å².